The summed E-state index contributed by atoms with van der Waals surface area (Å²) in [7, 11) is 0. The number of nitrogens with zero attached hydrogens (tertiary/aromatic N) is 2. The number of hydrogen-bond acceptors (Lipinski definition) is 5. The summed E-state index contributed by atoms with van der Waals surface area (Å²) in [4.78, 5) is 8.80. The Bertz CT molecular complexity index is 404. The molecule has 0 radical (unpaired) electrons. The van der Waals surface area contributed by atoms with Crippen molar-refractivity contribution in [3.8, 4) is 0 Å². The minimum absolute atomic E-state index is 0.0488. The van der Waals surface area contributed by atoms with Gasteiger partial charge in [0.1, 0.15) is 17.5 Å². The summed E-state index contributed by atoms with van der Waals surface area (Å²) in [5.41, 5.74) is 0.587. The highest BCUT2D eigenvalue weighted by Crippen LogP contribution is 2.22. The molecule has 5 nitrogen and oxygen atoms in total. The summed E-state index contributed by atoms with van der Waals surface area (Å²) in [5, 5.41) is 15.9. The van der Waals surface area contributed by atoms with Gasteiger partial charge in [-0.25, -0.2) is 9.97 Å². The largest absolute Gasteiger partial charge is 0.394 e. The van der Waals surface area contributed by atoms with Crippen molar-refractivity contribution >= 4 is 11.6 Å². The smallest absolute Gasteiger partial charge is 0.135 e. The number of aromatic nitrogens is 2. The predicted octanol–water partition coefficient (Wildman–Crippen LogP) is 2.10. The van der Waals surface area contributed by atoms with E-state index in [0.29, 0.717) is 0 Å². The topological polar surface area (TPSA) is 70.1 Å². The lowest BCUT2D eigenvalue weighted by Crippen LogP contribution is -2.35. The van der Waals surface area contributed by atoms with E-state index in [1.165, 1.54) is 0 Å². The SMILES string of the molecule is CCCNc1nc(C)nc(NC(C)(C)CO)c1C. The third kappa shape index (κ3) is 3.84. The van der Waals surface area contributed by atoms with Crippen LogP contribution in [-0.2, 0) is 0 Å². The van der Waals surface area contributed by atoms with Gasteiger partial charge < -0.3 is 15.7 Å². The number of aliphatic hydroxyl groups is 1. The fourth-order valence-electron chi connectivity index (χ4n) is 1.53. The molecule has 0 atom stereocenters. The summed E-state index contributed by atoms with van der Waals surface area (Å²) >= 11 is 0. The minimum Gasteiger partial charge on any atom is -0.394 e. The second kappa shape index (κ2) is 6.00. The fraction of sp³-hybridized carbons (Fsp3) is 0.692. The second-order valence-electron chi connectivity index (χ2n) is 5.19. The molecule has 3 N–H and O–H groups in total. The van der Waals surface area contributed by atoms with Crippen LogP contribution in [0.5, 0.6) is 0 Å². The summed E-state index contributed by atoms with van der Waals surface area (Å²) in [6.45, 7) is 10.8. The molecule has 0 aromatic carbocycles. The molecule has 1 heterocycles. The number of anilines is 2. The number of aryl methyl sites for hydroxylation is 1. The molecular formula is C13H24N4O. The van der Waals surface area contributed by atoms with Gasteiger partial charge in [0.2, 0.25) is 0 Å². The molecule has 5 heteroatoms. The summed E-state index contributed by atoms with van der Waals surface area (Å²) in [5.74, 6) is 2.36. The van der Waals surface area contributed by atoms with Crippen LogP contribution in [-0.4, -0.2) is 33.8 Å². The molecule has 0 spiro atoms. The maximum Gasteiger partial charge on any atom is 0.135 e. The number of aliphatic hydroxyl groups excluding tert-OH is 1. The van der Waals surface area contributed by atoms with E-state index in [2.05, 4.69) is 27.5 Å². The van der Waals surface area contributed by atoms with Crippen LogP contribution in [0.25, 0.3) is 0 Å². The zero-order valence-electron chi connectivity index (χ0n) is 12.0. The molecule has 0 amide bonds. The first-order valence-electron chi connectivity index (χ1n) is 6.37. The molecule has 1 rings (SSSR count). The molecule has 0 saturated heterocycles. The Kier molecular flexibility index (Phi) is 4.90. The first-order chi connectivity index (χ1) is 8.39. The van der Waals surface area contributed by atoms with E-state index in [1.54, 1.807) is 0 Å². The van der Waals surface area contributed by atoms with E-state index < -0.39 is 5.54 Å². The Morgan fingerprint density at radius 2 is 1.78 bits per heavy atom. The molecule has 0 unspecified atom stereocenters. The molecule has 0 aliphatic carbocycles. The minimum atomic E-state index is -0.395. The highest BCUT2D eigenvalue weighted by atomic mass is 16.3. The third-order valence-electron chi connectivity index (χ3n) is 2.65. The fourth-order valence-corrected chi connectivity index (χ4v) is 1.53. The average molecular weight is 252 g/mol. The zero-order chi connectivity index (χ0) is 13.8. The third-order valence-corrected chi connectivity index (χ3v) is 2.65. The van der Waals surface area contributed by atoms with Gasteiger partial charge in [0, 0.05) is 12.1 Å². The van der Waals surface area contributed by atoms with E-state index in [0.717, 1.165) is 36.0 Å². The van der Waals surface area contributed by atoms with Crippen LogP contribution < -0.4 is 10.6 Å². The van der Waals surface area contributed by atoms with Crippen LogP contribution in [0.15, 0.2) is 0 Å². The predicted molar refractivity (Wildman–Crippen MR) is 75.1 cm³/mol. The lowest BCUT2D eigenvalue weighted by molar-refractivity contribution is 0.234. The Morgan fingerprint density at radius 3 is 2.33 bits per heavy atom. The van der Waals surface area contributed by atoms with Crippen molar-refractivity contribution in [1.29, 1.82) is 0 Å². The maximum atomic E-state index is 9.30. The average Bonchev–Trinajstić information content (AvgIpc) is 2.31. The Morgan fingerprint density at radius 1 is 1.17 bits per heavy atom. The Hall–Kier alpha value is -1.36. The van der Waals surface area contributed by atoms with Crippen LogP contribution in [0.4, 0.5) is 11.6 Å². The zero-order valence-corrected chi connectivity index (χ0v) is 12.0. The highest BCUT2D eigenvalue weighted by Gasteiger charge is 2.19. The van der Waals surface area contributed by atoms with Gasteiger partial charge in [-0.2, -0.15) is 0 Å². The van der Waals surface area contributed by atoms with Gasteiger partial charge in [-0.1, -0.05) is 6.92 Å². The van der Waals surface area contributed by atoms with Gasteiger partial charge in [0.15, 0.2) is 0 Å². The van der Waals surface area contributed by atoms with Crippen LogP contribution in [0.3, 0.4) is 0 Å². The molecule has 0 aliphatic heterocycles. The first-order valence-corrected chi connectivity index (χ1v) is 6.37. The normalized spacial score (nSPS) is 11.4. The van der Waals surface area contributed by atoms with Crippen molar-refractivity contribution in [2.45, 2.75) is 46.6 Å². The standard InChI is InChI=1S/C13H24N4O/c1-6-7-14-11-9(2)12(16-10(3)15-11)17-13(4,5)8-18/h18H,6-8H2,1-5H3,(H2,14,15,16,17). The molecule has 1 aromatic heterocycles. The quantitative estimate of drug-likeness (QED) is 0.723. The van der Waals surface area contributed by atoms with Crippen LogP contribution in [0, 0.1) is 13.8 Å². The number of nitrogens with one attached hydrogen (secondary N) is 2. The Balaban J connectivity index is 3.01. The molecule has 0 bridgehead atoms. The van der Waals surface area contributed by atoms with E-state index in [1.807, 2.05) is 27.7 Å². The van der Waals surface area contributed by atoms with Crippen molar-refractivity contribution in [2.24, 2.45) is 0 Å². The number of rotatable bonds is 6. The molecule has 102 valence electrons. The van der Waals surface area contributed by atoms with Crippen molar-refractivity contribution in [1.82, 2.24) is 9.97 Å². The Labute approximate surface area is 109 Å². The van der Waals surface area contributed by atoms with E-state index in [9.17, 15) is 5.11 Å². The molecule has 1 aromatic rings. The first kappa shape index (κ1) is 14.7. The van der Waals surface area contributed by atoms with Crippen molar-refractivity contribution in [3.63, 3.8) is 0 Å². The number of hydrogen-bond donors (Lipinski definition) is 3. The molecule has 0 saturated carbocycles. The van der Waals surface area contributed by atoms with Gasteiger partial charge >= 0.3 is 0 Å². The van der Waals surface area contributed by atoms with Crippen LogP contribution in [0.2, 0.25) is 0 Å². The van der Waals surface area contributed by atoms with Crippen molar-refractivity contribution in [2.75, 3.05) is 23.8 Å². The van der Waals surface area contributed by atoms with Gasteiger partial charge in [0.25, 0.3) is 0 Å². The van der Waals surface area contributed by atoms with E-state index in [4.69, 9.17) is 0 Å². The maximum absolute atomic E-state index is 9.30. The van der Waals surface area contributed by atoms with Crippen LogP contribution in [0.1, 0.15) is 38.6 Å². The molecule has 18 heavy (non-hydrogen) atoms. The van der Waals surface area contributed by atoms with E-state index >= 15 is 0 Å². The monoisotopic (exact) mass is 252 g/mol. The lowest BCUT2D eigenvalue weighted by atomic mass is 10.1. The van der Waals surface area contributed by atoms with Crippen LogP contribution >= 0.6 is 0 Å². The molecule has 0 fully saturated rings. The van der Waals surface area contributed by atoms with E-state index in [-0.39, 0.29) is 6.61 Å². The van der Waals surface area contributed by atoms with Gasteiger partial charge in [-0.15, -0.1) is 0 Å². The lowest BCUT2D eigenvalue weighted by Gasteiger charge is -2.26. The van der Waals surface area contributed by atoms with Gasteiger partial charge in [-0.05, 0) is 34.1 Å². The van der Waals surface area contributed by atoms with Gasteiger partial charge in [0.05, 0.1) is 12.1 Å². The molecular weight excluding hydrogens is 228 g/mol. The summed E-state index contributed by atoms with van der Waals surface area (Å²) < 4.78 is 0. The highest BCUT2D eigenvalue weighted by molar-refractivity contribution is 5.58. The summed E-state index contributed by atoms with van der Waals surface area (Å²) in [6, 6.07) is 0. The molecule has 0 aliphatic rings. The summed E-state index contributed by atoms with van der Waals surface area (Å²) in [6.07, 6.45) is 1.05. The van der Waals surface area contributed by atoms with Crippen molar-refractivity contribution in [3.05, 3.63) is 11.4 Å². The van der Waals surface area contributed by atoms with Gasteiger partial charge in [-0.3, -0.25) is 0 Å². The second-order valence-corrected chi connectivity index (χ2v) is 5.19. The van der Waals surface area contributed by atoms with Crippen molar-refractivity contribution < 1.29 is 5.11 Å².